The molecule has 1 fully saturated rings. The molecule has 2 N–H and O–H groups in total. The molecule has 0 radical (unpaired) electrons. The molecule has 1 aliphatic heterocycles. The molecule has 0 spiro atoms. The number of anilines is 2. The predicted octanol–water partition coefficient (Wildman–Crippen LogP) is 2.79. The minimum absolute atomic E-state index is 0.0488. The van der Waals surface area contributed by atoms with E-state index in [-0.39, 0.29) is 23.5 Å². The normalized spacial score (nSPS) is 15.7. The van der Waals surface area contributed by atoms with Crippen LogP contribution in [0.2, 0.25) is 0 Å². The van der Waals surface area contributed by atoms with Crippen LogP contribution in [0, 0.1) is 24.0 Å². The van der Waals surface area contributed by atoms with Crippen molar-refractivity contribution in [2.45, 2.75) is 26.8 Å². The molecular weight excluding hydrogens is 410 g/mol. The SMILES string of the molecule is Cc1cccc(C)c1NC(=O)CN1CCN(C(C)C(=O)Nc2cccc([N+](=O)[O-])c2)CC1. The van der Waals surface area contributed by atoms with Gasteiger partial charge in [-0.25, -0.2) is 0 Å². The molecule has 2 amide bonds. The Morgan fingerprint density at radius 3 is 2.28 bits per heavy atom. The Hall–Kier alpha value is -3.30. The number of aryl methyl sites for hydroxylation is 2. The van der Waals surface area contributed by atoms with Gasteiger partial charge in [0.2, 0.25) is 11.8 Å². The lowest BCUT2D eigenvalue weighted by Gasteiger charge is -2.37. The van der Waals surface area contributed by atoms with Crippen LogP contribution in [-0.4, -0.2) is 65.3 Å². The minimum atomic E-state index is -0.491. The Kier molecular flexibility index (Phi) is 7.55. The number of hydrogen-bond donors (Lipinski definition) is 2. The number of carbonyl (C=O) groups excluding carboxylic acids is 2. The van der Waals surface area contributed by atoms with Gasteiger partial charge in [-0.2, -0.15) is 0 Å². The molecule has 0 aromatic heterocycles. The second-order valence-electron chi connectivity index (χ2n) is 8.10. The van der Waals surface area contributed by atoms with Gasteiger partial charge < -0.3 is 10.6 Å². The lowest BCUT2D eigenvalue weighted by Crippen LogP contribution is -2.53. The number of nitro groups is 1. The molecule has 0 aliphatic carbocycles. The molecule has 170 valence electrons. The molecule has 0 saturated carbocycles. The molecular formula is C23H29N5O4. The van der Waals surface area contributed by atoms with Crippen LogP contribution in [0.25, 0.3) is 0 Å². The summed E-state index contributed by atoms with van der Waals surface area (Å²) in [7, 11) is 0. The third-order valence-electron chi connectivity index (χ3n) is 5.77. The van der Waals surface area contributed by atoms with E-state index in [4.69, 9.17) is 0 Å². The molecule has 2 aromatic rings. The zero-order chi connectivity index (χ0) is 23.3. The number of nitrogens with one attached hydrogen (secondary N) is 2. The fourth-order valence-electron chi connectivity index (χ4n) is 3.81. The molecule has 1 atom stereocenters. The highest BCUT2D eigenvalue weighted by Crippen LogP contribution is 2.20. The van der Waals surface area contributed by atoms with E-state index < -0.39 is 4.92 Å². The first-order valence-electron chi connectivity index (χ1n) is 10.6. The van der Waals surface area contributed by atoms with E-state index in [0.717, 1.165) is 16.8 Å². The van der Waals surface area contributed by atoms with Gasteiger partial charge in [-0.3, -0.25) is 29.5 Å². The summed E-state index contributed by atoms with van der Waals surface area (Å²) in [5, 5.41) is 16.7. The zero-order valence-corrected chi connectivity index (χ0v) is 18.6. The van der Waals surface area contributed by atoms with Crippen LogP contribution in [0.4, 0.5) is 17.1 Å². The van der Waals surface area contributed by atoms with Gasteiger partial charge in [-0.05, 0) is 38.0 Å². The summed E-state index contributed by atoms with van der Waals surface area (Å²) in [6, 6.07) is 11.4. The molecule has 1 aliphatic rings. The number of piperazine rings is 1. The van der Waals surface area contributed by atoms with Crippen molar-refractivity contribution in [1.82, 2.24) is 9.80 Å². The lowest BCUT2D eigenvalue weighted by atomic mass is 10.1. The first kappa shape index (κ1) is 23.4. The molecule has 9 heteroatoms. The van der Waals surface area contributed by atoms with Crippen LogP contribution in [0.15, 0.2) is 42.5 Å². The van der Waals surface area contributed by atoms with E-state index in [1.54, 1.807) is 12.1 Å². The van der Waals surface area contributed by atoms with Crippen molar-refractivity contribution >= 4 is 28.9 Å². The Bertz CT molecular complexity index is 981. The average molecular weight is 440 g/mol. The highest BCUT2D eigenvalue weighted by atomic mass is 16.6. The van der Waals surface area contributed by atoms with Gasteiger partial charge in [0.05, 0.1) is 17.5 Å². The van der Waals surface area contributed by atoms with Crippen LogP contribution < -0.4 is 10.6 Å². The van der Waals surface area contributed by atoms with Gasteiger partial charge in [0.15, 0.2) is 0 Å². The van der Waals surface area contributed by atoms with Crippen LogP contribution in [0.1, 0.15) is 18.1 Å². The second-order valence-corrected chi connectivity index (χ2v) is 8.10. The monoisotopic (exact) mass is 439 g/mol. The molecule has 1 heterocycles. The molecule has 2 aromatic carbocycles. The topological polar surface area (TPSA) is 108 Å². The van der Waals surface area contributed by atoms with Crippen molar-refractivity contribution in [2.24, 2.45) is 0 Å². The van der Waals surface area contributed by atoms with Gasteiger partial charge in [-0.15, -0.1) is 0 Å². The maximum atomic E-state index is 12.6. The summed E-state index contributed by atoms with van der Waals surface area (Å²) in [5.74, 6) is -0.265. The van der Waals surface area contributed by atoms with Crippen molar-refractivity contribution in [3.8, 4) is 0 Å². The summed E-state index contributed by atoms with van der Waals surface area (Å²) >= 11 is 0. The quantitative estimate of drug-likeness (QED) is 0.507. The van der Waals surface area contributed by atoms with Gasteiger partial charge in [0.25, 0.3) is 5.69 Å². The molecule has 3 rings (SSSR count). The second kappa shape index (κ2) is 10.3. The summed E-state index contributed by atoms with van der Waals surface area (Å²) < 4.78 is 0. The average Bonchev–Trinajstić information content (AvgIpc) is 2.76. The zero-order valence-electron chi connectivity index (χ0n) is 18.6. The van der Waals surface area contributed by atoms with Crippen LogP contribution >= 0.6 is 0 Å². The van der Waals surface area contributed by atoms with Gasteiger partial charge >= 0.3 is 0 Å². The fraction of sp³-hybridized carbons (Fsp3) is 0.391. The number of amides is 2. The van der Waals surface area contributed by atoms with E-state index in [9.17, 15) is 19.7 Å². The van der Waals surface area contributed by atoms with E-state index in [2.05, 4.69) is 15.5 Å². The Morgan fingerprint density at radius 1 is 1.03 bits per heavy atom. The van der Waals surface area contributed by atoms with E-state index in [1.807, 2.05) is 43.9 Å². The number of benzene rings is 2. The highest BCUT2D eigenvalue weighted by molar-refractivity contribution is 5.95. The van der Waals surface area contributed by atoms with Crippen molar-refractivity contribution < 1.29 is 14.5 Å². The van der Waals surface area contributed by atoms with Crippen LogP contribution in [0.5, 0.6) is 0 Å². The molecule has 32 heavy (non-hydrogen) atoms. The Morgan fingerprint density at radius 2 is 1.66 bits per heavy atom. The predicted molar refractivity (Wildman–Crippen MR) is 124 cm³/mol. The number of nitro benzene ring substituents is 1. The lowest BCUT2D eigenvalue weighted by molar-refractivity contribution is -0.384. The molecule has 1 saturated heterocycles. The number of carbonyl (C=O) groups is 2. The van der Waals surface area contributed by atoms with Gasteiger partial charge in [0.1, 0.15) is 0 Å². The molecule has 1 unspecified atom stereocenters. The van der Waals surface area contributed by atoms with E-state index in [0.29, 0.717) is 38.4 Å². The van der Waals surface area contributed by atoms with Crippen LogP contribution in [-0.2, 0) is 9.59 Å². The first-order valence-corrected chi connectivity index (χ1v) is 10.6. The van der Waals surface area contributed by atoms with Crippen molar-refractivity contribution in [3.05, 3.63) is 63.7 Å². The fourth-order valence-corrected chi connectivity index (χ4v) is 3.81. The first-order chi connectivity index (χ1) is 15.2. The maximum Gasteiger partial charge on any atom is 0.271 e. The smallest absolute Gasteiger partial charge is 0.271 e. The summed E-state index contributed by atoms with van der Waals surface area (Å²) in [4.78, 5) is 39.7. The molecule has 9 nitrogen and oxygen atoms in total. The standard InChI is InChI=1S/C23H29N5O4/c1-16-6-4-7-17(2)22(16)25-21(29)15-26-10-12-27(13-11-26)18(3)23(30)24-19-8-5-9-20(14-19)28(31)32/h4-9,14,18H,10-13,15H2,1-3H3,(H,24,30)(H,25,29). The van der Waals surface area contributed by atoms with Gasteiger partial charge in [0, 0.05) is 49.7 Å². The molecule has 0 bridgehead atoms. The third-order valence-corrected chi connectivity index (χ3v) is 5.77. The third kappa shape index (κ3) is 5.89. The van der Waals surface area contributed by atoms with Crippen molar-refractivity contribution in [3.63, 3.8) is 0 Å². The summed E-state index contributed by atoms with van der Waals surface area (Å²) in [6.45, 7) is 8.72. The number of non-ortho nitro benzene ring substituents is 1. The van der Waals surface area contributed by atoms with Gasteiger partial charge in [-0.1, -0.05) is 24.3 Å². The van der Waals surface area contributed by atoms with Crippen LogP contribution in [0.3, 0.4) is 0 Å². The minimum Gasteiger partial charge on any atom is -0.324 e. The number of para-hydroxylation sites is 1. The van der Waals surface area contributed by atoms with Crippen molar-refractivity contribution in [2.75, 3.05) is 43.4 Å². The number of nitrogens with zero attached hydrogens (tertiary/aromatic N) is 3. The van der Waals surface area contributed by atoms with E-state index >= 15 is 0 Å². The number of rotatable bonds is 7. The van der Waals surface area contributed by atoms with E-state index in [1.165, 1.54) is 12.1 Å². The maximum absolute atomic E-state index is 12.6. The van der Waals surface area contributed by atoms with Crippen molar-refractivity contribution in [1.29, 1.82) is 0 Å². The largest absolute Gasteiger partial charge is 0.324 e. The summed E-state index contributed by atoms with van der Waals surface area (Å²) in [5.41, 5.74) is 3.27. The number of hydrogen-bond acceptors (Lipinski definition) is 6. The summed E-state index contributed by atoms with van der Waals surface area (Å²) in [6.07, 6.45) is 0. The Balaban J connectivity index is 1.48. The Labute approximate surface area is 187 Å². The highest BCUT2D eigenvalue weighted by Gasteiger charge is 2.26.